The Kier molecular flexibility index (Phi) is 6.47. The molecule has 1 fully saturated rings. The van der Waals surface area contributed by atoms with E-state index in [1.165, 1.54) is 11.8 Å². The molecule has 25 heavy (non-hydrogen) atoms. The summed E-state index contributed by atoms with van der Waals surface area (Å²) >= 11 is 1.37. The van der Waals surface area contributed by atoms with Gasteiger partial charge in [0.2, 0.25) is 11.8 Å². The van der Waals surface area contributed by atoms with Crippen LogP contribution in [0.1, 0.15) is 34.1 Å². The van der Waals surface area contributed by atoms with Gasteiger partial charge in [-0.15, -0.1) is 0 Å². The Morgan fingerprint density at radius 1 is 1.28 bits per heavy atom. The lowest BCUT2D eigenvalue weighted by molar-refractivity contribution is -0.129. The van der Waals surface area contributed by atoms with Gasteiger partial charge in [-0.05, 0) is 52.0 Å². The molecule has 1 N–H and O–H groups in total. The number of amides is 2. The minimum Gasteiger partial charge on any atom is -0.497 e. The first-order valence-electron chi connectivity index (χ1n) is 8.33. The maximum Gasteiger partial charge on any atom is 0.242 e. The van der Waals surface area contributed by atoms with E-state index < -0.39 is 5.25 Å². The van der Waals surface area contributed by atoms with Crippen LogP contribution >= 0.6 is 11.8 Å². The number of benzene rings is 1. The fourth-order valence-electron chi connectivity index (χ4n) is 2.46. The minimum atomic E-state index is -0.432. The second kappa shape index (κ2) is 8.38. The highest BCUT2D eigenvalue weighted by molar-refractivity contribution is 8.15. The van der Waals surface area contributed by atoms with Crippen molar-refractivity contribution in [3.8, 4) is 5.75 Å². The number of carbonyl (C=O) groups is 2. The number of ether oxygens (including phenoxy) is 1. The molecular weight excluding hydrogens is 338 g/mol. The maximum absolute atomic E-state index is 12.6. The number of methoxy groups -OCH3 is 1. The van der Waals surface area contributed by atoms with Crippen molar-refractivity contribution in [1.29, 1.82) is 0 Å². The Labute approximate surface area is 153 Å². The van der Waals surface area contributed by atoms with Crippen LogP contribution in [0, 0.1) is 0 Å². The third-order valence-electron chi connectivity index (χ3n) is 3.60. The molecule has 1 aromatic rings. The van der Waals surface area contributed by atoms with E-state index in [1.807, 2.05) is 27.7 Å². The summed E-state index contributed by atoms with van der Waals surface area (Å²) in [4.78, 5) is 31.2. The molecule has 0 spiro atoms. The van der Waals surface area contributed by atoms with Gasteiger partial charge in [-0.1, -0.05) is 11.8 Å². The highest BCUT2D eigenvalue weighted by Crippen LogP contribution is 2.31. The molecule has 1 unspecified atom stereocenters. The first kappa shape index (κ1) is 19.3. The molecule has 0 bridgehead atoms. The Bertz CT molecular complexity index is 656. The number of rotatable bonds is 6. The molecule has 1 aromatic carbocycles. The van der Waals surface area contributed by atoms with Gasteiger partial charge in [-0.25, -0.2) is 0 Å². The molecule has 0 aromatic heterocycles. The van der Waals surface area contributed by atoms with E-state index in [0.29, 0.717) is 10.9 Å². The molecule has 0 saturated carbocycles. The normalized spacial score (nSPS) is 19.2. The van der Waals surface area contributed by atoms with E-state index in [4.69, 9.17) is 4.74 Å². The van der Waals surface area contributed by atoms with Gasteiger partial charge in [0.15, 0.2) is 5.17 Å². The zero-order chi connectivity index (χ0) is 18.6. The van der Waals surface area contributed by atoms with Crippen LogP contribution in [-0.4, -0.2) is 46.3 Å². The van der Waals surface area contributed by atoms with Crippen LogP contribution in [0.25, 0.3) is 0 Å². The van der Waals surface area contributed by atoms with Crippen molar-refractivity contribution in [2.75, 3.05) is 12.4 Å². The van der Waals surface area contributed by atoms with E-state index in [9.17, 15) is 9.59 Å². The number of thioether (sulfide) groups is 1. The van der Waals surface area contributed by atoms with Gasteiger partial charge in [0.25, 0.3) is 0 Å². The highest BCUT2D eigenvalue weighted by Gasteiger charge is 2.40. The van der Waals surface area contributed by atoms with Crippen LogP contribution in [0.4, 0.5) is 5.69 Å². The average molecular weight is 363 g/mol. The number of anilines is 1. The highest BCUT2D eigenvalue weighted by atomic mass is 32.2. The first-order valence-corrected chi connectivity index (χ1v) is 9.21. The Hall–Kier alpha value is -2.02. The van der Waals surface area contributed by atoms with Crippen molar-refractivity contribution in [2.45, 2.75) is 51.4 Å². The van der Waals surface area contributed by atoms with Crippen molar-refractivity contribution < 1.29 is 14.3 Å². The van der Waals surface area contributed by atoms with E-state index >= 15 is 0 Å². The fourth-order valence-corrected chi connectivity index (χ4v) is 3.85. The number of hydrogen-bond acceptors (Lipinski definition) is 5. The number of hydrogen-bond donors (Lipinski definition) is 1. The van der Waals surface area contributed by atoms with Crippen molar-refractivity contribution in [2.24, 2.45) is 4.99 Å². The molecule has 2 rings (SSSR count). The fraction of sp³-hybridized carbons (Fsp3) is 0.500. The van der Waals surface area contributed by atoms with Crippen molar-refractivity contribution in [1.82, 2.24) is 4.90 Å². The van der Waals surface area contributed by atoms with Gasteiger partial charge < -0.3 is 10.1 Å². The summed E-state index contributed by atoms with van der Waals surface area (Å²) in [5.41, 5.74) is 0.679. The molecule has 0 radical (unpaired) electrons. The number of carbonyl (C=O) groups excluding carboxylic acids is 2. The molecule has 1 atom stereocenters. The van der Waals surface area contributed by atoms with Crippen LogP contribution in [0.5, 0.6) is 5.75 Å². The van der Waals surface area contributed by atoms with E-state index in [1.54, 1.807) is 36.3 Å². The van der Waals surface area contributed by atoms with Gasteiger partial charge in [-0.2, -0.15) is 0 Å². The third-order valence-corrected chi connectivity index (χ3v) is 4.76. The first-order chi connectivity index (χ1) is 11.8. The van der Waals surface area contributed by atoms with Gasteiger partial charge >= 0.3 is 0 Å². The number of nitrogens with one attached hydrogen (secondary N) is 1. The smallest absolute Gasteiger partial charge is 0.242 e. The summed E-state index contributed by atoms with van der Waals surface area (Å²) in [5, 5.41) is 3.10. The summed E-state index contributed by atoms with van der Waals surface area (Å²) in [6, 6.07) is 7.21. The Morgan fingerprint density at radius 3 is 2.44 bits per heavy atom. The molecule has 7 heteroatoms. The quantitative estimate of drug-likeness (QED) is 0.843. The predicted octanol–water partition coefficient (Wildman–Crippen LogP) is 3.14. The van der Waals surface area contributed by atoms with Gasteiger partial charge in [0.1, 0.15) is 11.0 Å². The van der Waals surface area contributed by atoms with Crippen LogP contribution in [-0.2, 0) is 9.59 Å². The number of amidine groups is 1. The van der Waals surface area contributed by atoms with Crippen LogP contribution in [0.15, 0.2) is 29.3 Å². The molecule has 1 aliphatic rings. The van der Waals surface area contributed by atoms with Crippen LogP contribution < -0.4 is 10.1 Å². The van der Waals surface area contributed by atoms with Crippen molar-refractivity contribution in [3.05, 3.63) is 24.3 Å². The summed E-state index contributed by atoms with van der Waals surface area (Å²) < 4.78 is 5.09. The van der Waals surface area contributed by atoms with Gasteiger partial charge in [0.05, 0.1) is 7.11 Å². The van der Waals surface area contributed by atoms with E-state index in [-0.39, 0.29) is 30.3 Å². The maximum atomic E-state index is 12.6. The molecular formula is C18H25N3O3S. The predicted molar refractivity (Wildman–Crippen MR) is 102 cm³/mol. The molecule has 1 heterocycles. The third kappa shape index (κ3) is 4.98. The van der Waals surface area contributed by atoms with Crippen molar-refractivity contribution in [3.63, 3.8) is 0 Å². The second-order valence-electron chi connectivity index (χ2n) is 6.39. The largest absolute Gasteiger partial charge is 0.497 e. The SMILES string of the molecule is COc1ccc(NC(=O)CC2SC(=NC(C)C)N(C(C)C)C2=O)cc1. The zero-order valence-corrected chi connectivity index (χ0v) is 16.1. The topological polar surface area (TPSA) is 71.0 Å². The second-order valence-corrected chi connectivity index (χ2v) is 7.56. The molecule has 6 nitrogen and oxygen atoms in total. The number of nitrogens with zero attached hydrogens (tertiary/aromatic N) is 2. The molecule has 136 valence electrons. The lowest BCUT2D eigenvalue weighted by atomic mass is 10.2. The molecule has 0 aliphatic carbocycles. The summed E-state index contributed by atoms with van der Waals surface area (Å²) in [6.45, 7) is 7.85. The molecule has 2 amide bonds. The standard InChI is InChI=1S/C18H25N3O3S/c1-11(2)19-18-21(12(3)4)17(23)15(25-18)10-16(22)20-13-6-8-14(24-5)9-7-13/h6-9,11-12,15H,10H2,1-5H3,(H,20,22). The Morgan fingerprint density at radius 2 is 1.92 bits per heavy atom. The average Bonchev–Trinajstić information content (AvgIpc) is 2.82. The Balaban J connectivity index is 2.03. The minimum absolute atomic E-state index is 0.0205. The van der Waals surface area contributed by atoms with E-state index in [2.05, 4.69) is 10.3 Å². The van der Waals surface area contributed by atoms with Gasteiger partial charge in [-0.3, -0.25) is 19.5 Å². The monoisotopic (exact) mass is 363 g/mol. The molecule has 1 aliphatic heterocycles. The lowest BCUT2D eigenvalue weighted by Crippen LogP contribution is -2.38. The van der Waals surface area contributed by atoms with Gasteiger partial charge in [0, 0.05) is 24.2 Å². The summed E-state index contributed by atoms with van der Waals surface area (Å²) in [6.07, 6.45) is 0.121. The molecule has 1 saturated heterocycles. The van der Waals surface area contributed by atoms with Crippen LogP contribution in [0.2, 0.25) is 0 Å². The number of aliphatic imine (C=N–C) groups is 1. The lowest BCUT2D eigenvalue weighted by Gasteiger charge is -2.21. The summed E-state index contributed by atoms with van der Waals surface area (Å²) in [7, 11) is 1.59. The van der Waals surface area contributed by atoms with Crippen LogP contribution in [0.3, 0.4) is 0 Å². The van der Waals surface area contributed by atoms with Crippen molar-refractivity contribution >= 4 is 34.4 Å². The summed E-state index contributed by atoms with van der Waals surface area (Å²) in [5.74, 6) is 0.483. The zero-order valence-electron chi connectivity index (χ0n) is 15.3. The van der Waals surface area contributed by atoms with E-state index in [0.717, 1.165) is 5.75 Å².